The number of nitro groups is 1. The molecule has 0 amide bonds. The third-order valence-electron chi connectivity index (χ3n) is 3.34. The quantitative estimate of drug-likeness (QED) is 0.524. The van der Waals surface area contributed by atoms with Gasteiger partial charge in [-0.25, -0.2) is 0 Å². The molecule has 3 rings (SSSR count). The molecule has 0 aliphatic heterocycles. The van der Waals surface area contributed by atoms with Crippen LogP contribution in [0.3, 0.4) is 0 Å². The van der Waals surface area contributed by atoms with Gasteiger partial charge in [-0.05, 0) is 48.5 Å². The molecule has 0 bridgehead atoms. The van der Waals surface area contributed by atoms with Gasteiger partial charge in [-0.1, -0.05) is 0 Å². The second kappa shape index (κ2) is 5.73. The summed E-state index contributed by atoms with van der Waals surface area (Å²) in [6.07, 6.45) is 0. The molecule has 0 atom stereocenters. The lowest BCUT2D eigenvalue weighted by Crippen LogP contribution is -1.86. The highest BCUT2D eigenvalue weighted by molar-refractivity contribution is 5.66. The van der Waals surface area contributed by atoms with Crippen LogP contribution in [0.15, 0.2) is 65.1 Å². The Labute approximate surface area is 126 Å². The van der Waals surface area contributed by atoms with Crippen LogP contribution in [0.1, 0.15) is 0 Å². The molecule has 0 saturated heterocycles. The first-order chi connectivity index (χ1) is 10.7. The summed E-state index contributed by atoms with van der Waals surface area (Å²) in [4.78, 5) is 10.2. The summed E-state index contributed by atoms with van der Waals surface area (Å²) < 4.78 is 10.9. The monoisotopic (exact) mass is 295 g/mol. The second-order valence-electron chi connectivity index (χ2n) is 4.70. The van der Waals surface area contributed by atoms with Crippen molar-refractivity contribution in [3.8, 4) is 28.4 Å². The van der Waals surface area contributed by atoms with Gasteiger partial charge < -0.3 is 9.15 Å². The highest BCUT2D eigenvalue weighted by Crippen LogP contribution is 2.30. The minimum Gasteiger partial charge on any atom is -0.497 e. The molecule has 0 fully saturated rings. The minimum atomic E-state index is -0.422. The number of nitrogens with zero attached hydrogens (tertiary/aromatic N) is 1. The van der Waals surface area contributed by atoms with Crippen LogP contribution in [0.5, 0.6) is 5.75 Å². The number of methoxy groups -OCH3 is 1. The van der Waals surface area contributed by atoms with E-state index in [1.807, 2.05) is 36.4 Å². The fourth-order valence-corrected chi connectivity index (χ4v) is 2.15. The van der Waals surface area contributed by atoms with Gasteiger partial charge in [0.2, 0.25) is 0 Å². The van der Waals surface area contributed by atoms with Gasteiger partial charge in [-0.2, -0.15) is 0 Å². The van der Waals surface area contributed by atoms with Crippen molar-refractivity contribution >= 4 is 5.69 Å². The summed E-state index contributed by atoms with van der Waals surface area (Å²) in [7, 11) is 1.62. The molecule has 0 spiro atoms. The lowest BCUT2D eigenvalue weighted by atomic mass is 10.1. The molecule has 5 heteroatoms. The van der Waals surface area contributed by atoms with Crippen molar-refractivity contribution in [3.63, 3.8) is 0 Å². The summed E-state index contributed by atoms with van der Waals surface area (Å²) in [5.41, 5.74) is 1.80. The van der Waals surface area contributed by atoms with Crippen LogP contribution in [0.4, 0.5) is 5.69 Å². The van der Waals surface area contributed by atoms with Crippen molar-refractivity contribution in [2.45, 2.75) is 0 Å². The van der Waals surface area contributed by atoms with Gasteiger partial charge in [0.1, 0.15) is 17.3 Å². The Morgan fingerprint density at radius 1 is 0.864 bits per heavy atom. The van der Waals surface area contributed by atoms with E-state index >= 15 is 0 Å². The lowest BCUT2D eigenvalue weighted by molar-refractivity contribution is -0.384. The van der Waals surface area contributed by atoms with Crippen molar-refractivity contribution in [3.05, 3.63) is 70.8 Å². The number of non-ortho nitro benzene ring substituents is 1. The van der Waals surface area contributed by atoms with E-state index in [1.165, 1.54) is 12.1 Å². The Morgan fingerprint density at radius 2 is 1.36 bits per heavy atom. The molecule has 22 heavy (non-hydrogen) atoms. The first-order valence-electron chi connectivity index (χ1n) is 6.66. The van der Waals surface area contributed by atoms with Gasteiger partial charge in [0.15, 0.2) is 0 Å². The molecule has 2 aromatic carbocycles. The van der Waals surface area contributed by atoms with Gasteiger partial charge in [-0.3, -0.25) is 10.1 Å². The van der Waals surface area contributed by atoms with Crippen LogP contribution in [0.25, 0.3) is 22.6 Å². The molecule has 1 aromatic heterocycles. The molecule has 0 saturated carbocycles. The normalized spacial score (nSPS) is 10.4. The van der Waals surface area contributed by atoms with E-state index in [0.717, 1.165) is 22.6 Å². The summed E-state index contributed by atoms with van der Waals surface area (Å²) in [5, 5.41) is 10.7. The van der Waals surface area contributed by atoms with Crippen molar-refractivity contribution < 1.29 is 14.1 Å². The van der Waals surface area contributed by atoms with Crippen LogP contribution in [-0.2, 0) is 0 Å². The maximum Gasteiger partial charge on any atom is 0.269 e. The molecular formula is C17H13NO4. The molecule has 5 nitrogen and oxygen atoms in total. The predicted molar refractivity (Wildman–Crippen MR) is 82.8 cm³/mol. The van der Waals surface area contributed by atoms with E-state index in [9.17, 15) is 10.1 Å². The van der Waals surface area contributed by atoms with Gasteiger partial charge >= 0.3 is 0 Å². The van der Waals surface area contributed by atoms with Crippen molar-refractivity contribution in [2.24, 2.45) is 0 Å². The fourth-order valence-electron chi connectivity index (χ4n) is 2.15. The third kappa shape index (κ3) is 2.69. The van der Waals surface area contributed by atoms with Crippen molar-refractivity contribution in [1.82, 2.24) is 0 Å². The summed E-state index contributed by atoms with van der Waals surface area (Å²) >= 11 is 0. The van der Waals surface area contributed by atoms with E-state index in [2.05, 4.69) is 0 Å². The number of benzene rings is 2. The molecule has 110 valence electrons. The Kier molecular flexibility index (Phi) is 3.62. The highest BCUT2D eigenvalue weighted by atomic mass is 16.6. The van der Waals surface area contributed by atoms with Crippen LogP contribution in [-0.4, -0.2) is 12.0 Å². The average Bonchev–Trinajstić information content (AvgIpc) is 3.05. The van der Waals surface area contributed by atoms with Crippen molar-refractivity contribution in [1.29, 1.82) is 0 Å². The number of furan rings is 1. The van der Waals surface area contributed by atoms with Crippen LogP contribution in [0, 0.1) is 10.1 Å². The second-order valence-corrected chi connectivity index (χ2v) is 4.70. The highest BCUT2D eigenvalue weighted by Gasteiger charge is 2.09. The van der Waals surface area contributed by atoms with Gasteiger partial charge in [-0.15, -0.1) is 0 Å². The summed E-state index contributed by atoms with van der Waals surface area (Å²) in [6.45, 7) is 0. The standard InChI is InChI=1S/C17H13NO4/c1-21-15-8-4-13(5-9-15)17-11-10-16(22-17)12-2-6-14(7-3-12)18(19)20/h2-11H,1H3. The average molecular weight is 295 g/mol. The van der Waals surface area contributed by atoms with Crippen LogP contribution < -0.4 is 4.74 Å². The smallest absolute Gasteiger partial charge is 0.269 e. The number of hydrogen-bond acceptors (Lipinski definition) is 4. The molecule has 0 aliphatic carbocycles. The molecule has 1 heterocycles. The zero-order chi connectivity index (χ0) is 15.5. The van der Waals surface area contributed by atoms with E-state index in [-0.39, 0.29) is 5.69 Å². The molecule has 0 N–H and O–H groups in total. The van der Waals surface area contributed by atoms with E-state index in [4.69, 9.17) is 9.15 Å². The van der Waals surface area contributed by atoms with Gasteiger partial charge in [0.25, 0.3) is 5.69 Å². The fraction of sp³-hybridized carbons (Fsp3) is 0.0588. The predicted octanol–water partition coefficient (Wildman–Crippen LogP) is 4.53. The SMILES string of the molecule is COc1ccc(-c2ccc(-c3ccc([N+](=O)[O-])cc3)o2)cc1. The molecule has 0 radical (unpaired) electrons. The molecular weight excluding hydrogens is 282 g/mol. The Balaban J connectivity index is 1.87. The summed E-state index contributed by atoms with van der Waals surface area (Å²) in [5.74, 6) is 2.18. The third-order valence-corrected chi connectivity index (χ3v) is 3.34. The van der Waals surface area contributed by atoms with Crippen molar-refractivity contribution in [2.75, 3.05) is 7.11 Å². The minimum absolute atomic E-state index is 0.0608. The topological polar surface area (TPSA) is 65.5 Å². The molecule has 3 aromatic rings. The Bertz CT molecular complexity index is 788. The maximum atomic E-state index is 10.7. The first kappa shape index (κ1) is 13.9. The number of hydrogen-bond donors (Lipinski definition) is 0. The van der Waals surface area contributed by atoms with E-state index in [1.54, 1.807) is 19.2 Å². The zero-order valence-electron chi connectivity index (χ0n) is 11.9. The summed E-state index contributed by atoms with van der Waals surface area (Å²) in [6, 6.07) is 17.6. The first-order valence-corrected chi connectivity index (χ1v) is 6.66. The maximum absolute atomic E-state index is 10.7. The molecule has 0 aliphatic rings. The lowest BCUT2D eigenvalue weighted by Gasteiger charge is -2.01. The van der Waals surface area contributed by atoms with Crippen LogP contribution >= 0.6 is 0 Å². The number of nitro benzene ring substituents is 1. The number of rotatable bonds is 4. The zero-order valence-corrected chi connectivity index (χ0v) is 11.9. The Hall–Kier alpha value is -3.08. The van der Waals surface area contributed by atoms with Gasteiger partial charge in [0.05, 0.1) is 12.0 Å². The largest absolute Gasteiger partial charge is 0.497 e. The number of ether oxygens (including phenoxy) is 1. The van der Waals surface area contributed by atoms with E-state index < -0.39 is 4.92 Å². The van der Waals surface area contributed by atoms with E-state index in [0.29, 0.717) is 5.76 Å². The van der Waals surface area contributed by atoms with Crippen LogP contribution in [0.2, 0.25) is 0 Å². The molecule has 0 unspecified atom stereocenters. The Morgan fingerprint density at radius 3 is 1.82 bits per heavy atom. The van der Waals surface area contributed by atoms with Gasteiger partial charge in [0, 0.05) is 23.3 Å².